The van der Waals surface area contributed by atoms with E-state index in [0.717, 1.165) is 77.1 Å². The molecule has 7 nitrogen and oxygen atoms in total. The average molecular weight is 521 g/mol. The van der Waals surface area contributed by atoms with E-state index in [1.807, 2.05) is 28.2 Å². The first-order valence-electron chi connectivity index (χ1n) is 13.3. The Morgan fingerprint density at radius 2 is 2.05 bits per heavy atom. The third kappa shape index (κ3) is 5.80. The normalized spacial score (nSPS) is 18.1. The van der Waals surface area contributed by atoms with Crippen LogP contribution in [-0.4, -0.2) is 70.5 Å². The van der Waals surface area contributed by atoms with Crippen LogP contribution in [0.25, 0.3) is 10.9 Å². The summed E-state index contributed by atoms with van der Waals surface area (Å²) < 4.78 is 0. The van der Waals surface area contributed by atoms with Gasteiger partial charge in [0, 0.05) is 56.6 Å². The lowest BCUT2D eigenvalue weighted by molar-refractivity contribution is -0.127. The smallest absolute Gasteiger partial charge is 0.264 e. The Morgan fingerprint density at radius 1 is 1.19 bits per heavy atom. The second kappa shape index (κ2) is 11.2. The highest BCUT2D eigenvalue weighted by Crippen LogP contribution is 2.29. The number of aromatic nitrogens is 1. The molecule has 37 heavy (non-hydrogen) atoms. The van der Waals surface area contributed by atoms with Crippen molar-refractivity contribution in [1.82, 2.24) is 14.8 Å². The number of pyridine rings is 1. The number of hydrogen-bond donors (Lipinski definition) is 1. The van der Waals surface area contributed by atoms with Gasteiger partial charge in [0.05, 0.1) is 16.5 Å². The van der Waals surface area contributed by atoms with Gasteiger partial charge in [-0.05, 0) is 74.2 Å². The number of thiophene rings is 1. The van der Waals surface area contributed by atoms with E-state index in [9.17, 15) is 14.7 Å². The Kier molecular flexibility index (Phi) is 7.76. The number of aryl methyl sites for hydroxylation is 2. The molecule has 5 rings (SSSR count). The zero-order chi connectivity index (χ0) is 25.9. The molecule has 2 saturated heterocycles. The minimum absolute atomic E-state index is 0.0221. The molecule has 3 aromatic rings. The summed E-state index contributed by atoms with van der Waals surface area (Å²) in [5.74, 6) is 1.09. The zero-order valence-corrected chi connectivity index (χ0v) is 22.6. The number of piperidine rings is 1. The number of β-amino-alcohol motifs (C(OH)–C–C–N with tert-alkyl or cyclic N) is 1. The Morgan fingerprint density at radius 3 is 2.78 bits per heavy atom. The molecular formula is C29H36N4O3S. The molecule has 2 amide bonds. The summed E-state index contributed by atoms with van der Waals surface area (Å²) in [6.45, 7) is 7.91. The van der Waals surface area contributed by atoms with Crippen LogP contribution in [0.1, 0.15) is 58.5 Å². The summed E-state index contributed by atoms with van der Waals surface area (Å²) in [5, 5.41) is 13.4. The molecule has 0 saturated carbocycles. The van der Waals surface area contributed by atoms with Crippen molar-refractivity contribution in [3.8, 4) is 0 Å². The second-order valence-electron chi connectivity index (χ2n) is 10.4. The van der Waals surface area contributed by atoms with E-state index in [1.54, 1.807) is 0 Å². The molecule has 0 unspecified atom stereocenters. The quantitative estimate of drug-likeness (QED) is 0.472. The van der Waals surface area contributed by atoms with E-state index in [4.69, 9.17) is 4.98 Å². The van der Waals surface area contributed by atoms with Crippen LogP contribution in [0.2, 0.25) is 0 Å². The molecule has 0 spiro atoms. The molecular weight excluding hydrogens is 484 g/mol. The highest BCUT2D eigenvalue weighted by atomic mass is 32.1. The first-order chi connectivity index (χ1) is 17.9. The maximum Gasteiger partial charge on any atom is 0.264 e. The predicted molar refractivity (Wildman–Crippen MR) is 148 cm³/mol. The number of aliphatic hydroxyl groups excluding tert-OH is 1. The first kappa shape index (κ1) is 25.7. The molecule has 1 atom stereocenters. The van der Waals surface area contributed by atoms with Gasteiger partial charge in [-0.15, -0.1) is 11.3 Å². The lowest BCUT2D eigenvalue weighted by atomic mass is 10.0. The summed E-state index contributed by atoms with van der Waals surface area (Å²) in [6.07, 6.45) is 3.62. The third-order valence-corrected chi connectivity index (χ3v) is 8.46. The third-order valence-electron chi connectivity index (χ3n) is 7.46. The van der Waals surface area contributed by atoms with Crippen molar-refractivity contribution in [2.24, 2.45) is 0 Å². The number of anilines is 1. The highest BCUT2D eigenvalue weighted by molar-refractivity contribution is 7.12. The highest BCUT2D eigenvalue weighted by Gasteiger charge is 2.26. The fraction of sp³-hybridized carbons (Fsp3) is 0.483. The molecule has 4 heterocycles. The van der Waals surface area contributed by atoms with Crippen molar-refractivity contribution in [2.45, 2.75) is 58.6 Å². The summed E-state index contributed by atoms with van der Waals surface area (Å²) >= 11 is 1.48. The van der Waals surface area contributed by atoms with Crippen LogP contribution in [0.4, 0.5) is 5.82 Å². The van der Waals surface area contributed by atoms with Crippen molar-refractivity contribution < 1.29 is 14.7 Å². The van der Waals surface area contributed by atoms with E-state index >= 15 is 0 Å². The number of likely N-dealkylation sites (tertiary alicyclic amines) is 1. The summed E-state index contributed by atoms with van der Waals surface area (Å²) in [7, 11) is 0. The summed E-state index contributed by atoms with van der Waals surface area (Å²) in [4.78, 5) is 37.7. The van der Waals surface area contributed by atoms with Crippen molar-refractivity contribution in [1.29, 1.82) is 0 Å². The minimum Gasteiger partial charge on any atom is -0.391 e. The standard InChI is InChI=1S/C29H36N4O3S/c1-20-8-9-22-17-23(28(30-25(22)16-20)32-12-3-6-24(34)19-32)18-33(29(36)27-21(2)10-15-37-27)14-5-13-31-11-4-7-26(31)35/h8-10,15-17,24,34H,3-7,11-14,18-19H2,1-2H3/t24-/m0/s1. The van der Waals surface area contributed by atoms with Gasteiger partial charge in [-0.1, -0.05) is 12.1 Å². The van der Waals surface area contributed by atoms with Crippen molar-refractivity contribution in [2.75, 3.05) is 37.6 Å². The molecule has 2 fully saturated rings. The Balaban J connectivity index is 1.46. The lowest BCUT2D eigenvalue weighted by Gasteiger charge is -2.33. The van der Waals surface area contributed by atoms with E-state index in [1.165, 1.54) is 11.3 Å². The molecule has 0 aliphatic carbocycles. The zero-order valence-electron chi connectivity index (χ0n) is 21.8. The number of benzene rings is 1. The minimum atomic E-state index is -0.374. The van der Waals surface area contributed by atoms with Crippen LogP contribution in [0.15, 0.2) is 35.7 Å². The largest absolute Gasteiger partial charge is 0.391 e. The van der Waals surface area contributed by atoms with Gasteiger partial charge < -0.3 is 19.8 Å². The van der Waals surface area contributed by atoms with Crippen molar-refractivity contribution >= 4 is 39.9 Å². The van der Waals surface area contributed by atoms with Gasteiger partial charge >= 0.3 is 0 Å². The molecule has 2 aromatic heterocycles. The fourth-order valence-electron chi connectivity index (χ4n) is 5.43. The van der Waals surface area contributed by atoms with E-state index in [-0.39, 0.29) is 17.9 Å². The van der Waals surface area contributed by atoms with Crippen LogP contribution in [0.3, 0.4) is 0 Å². The molecule has 2 aliphatic rings. The van der Waals surface area contributed by atoms with Crippen LogP contribution in [-0.2, 0) is 11.3 Å². The van der Waals surface area contributed by atoms with E-state index in [2.05, 4.69) is 36.1 Å². The maximum atomic E-state index is 13.8. The summed E-state index contributed by atoms with van der Waals surface area (Å²) in [6, 6.07) is 10.4. The Bertz CT molecular complexity index is 1290. The molecule has 1 aromatic carbocycles. The monoisotopic (exact) mass is 520 g/mol. The van der Waals surface area contributed by atoms with E-state index < -0.39 is 0 Å². The number of hydrogen-bond acceptors (Lipinski definition) is 6. The fourth-order valence-corrected chi connectivity index (χ4v) is 6.33. The number of aliphatic hydroxyl groups is 1. The molecule has 0 bridgehead atoms. The molecule has 196 valence electrons. The molecule has 1 N–H and O–H groups in total. The average Bonchev–Trinajstić information content (AvgIpc) is 3.50. The van der Waals surface area contributed by atoms with Gasteiger partial charge in [0.1, 0.15) is 5.82 Å². The van der Waals surface area contributed by atoms with Crippen molar-refractivity contribution in [3.63, 3.8) is 0 Å². The molecule has 2 aliphatic heterocycles. The van der Waals surface area contributed by atoms with Crippen LogP contribution < -0.4 is 4.90 Å². The van der Waals surface area contributed by atoms with Gasteiger partial charge in [-0.2, -0.15) is 0 Å². The lowest BCUT2D eigenvalue weighted by Crippen LogP contribution is -2.40. The van der Waals surface area contributed by atoms with Crippen LogP contribution >= 0.6 is 11.3 Å². The molecule has 0 radical (unpaired) electrons. The predicted octanol–water partition coefficient (Wildman–Crippen LogP) is 4.53. The van der Waals surface area contributed by atoms with Gasteiger partial charge in [-0.25, -0.2) is 4.98 Å². The molecule has 8 heteroatoms. The number of carbonyl (C=O) groups is 2. The Labute approximate surface area is 222 Å². The maximum absolute atomic E-state index is 13.8. The SMILES string of the molecule is Cc1ccc2cc(CN(CCCN3CCCC3=O)C(=O)c3sccc3C)c(N3CCC[C@H](O)C3)nc2c1. The summed E-state index contributed by atoms with van der Waals surface area (Å²) in [5.41, 5.74) is 4.06. The van der Waals surface area contributed by atoms with Gasteiger partial charge in [0.25, 0.3) is 5.91 Å². The topological polar surface area (TPSA) is 77.0 Å². The number of rotatable bonds is 8. The second-order valence-corrected chi connectivity index (χ2v) is 11.3. The number of fused-ring (bicyclic) bond motifs is 1. The van der Waals surface area contributed by atoms with Crippen molar-refractivity contribution in [3.05, 3.63) is 57.3 Å². The van der Waals surface area contributed by atoms with Gasteiger partial charge in [0.2, 0.25) is 5.91 Å². The van der Waals surface area contributed by atoms with E-state index in [0.29, 0.717) is 32.6 Å². The number of amides is 2. The van der Waals surface area contributed by atoms with Gasteiger partial charge in [0.15, 0.2) is 0 Å². The van der Waals surface area contributed by atoms with Gasteiger partial charge in [-0.3, -0.25) is 9.59 Å². The van der Waals surface area contributed by atoms with Crippen LogP contribution in [0, 0.1) is 13.8 Å². The van der Waals surface area contributed by atoms with Crippen LogP contribution in [0.5, 0.6) is 0 Å². The first-order valence-corrected chi connectivity index (χ1v) is 14.2. The Hall–Kier alpha value is -2.97. The number of carbonyl (C=O) groups excluding carboxylic acids is 2. The number of nitrogens with zero attached hydrogens (tertiary/aromatic N) is 4.